The Bertz CT molecular complexity index is 736. The summed E-state index contributed by atoms with van der Waals surface area (Å²) in [7, 11) is 1.79. The molecule has 2 heterocycles. The van der Waals surface area contributed by atoms with Crippen molar-refractivity contribution >= 4 is 17.6 Å². The lowest BCUT2D eigenvalue weighted by Gasteiger charge is -2.34. The quantitative estimate of drug-likeness (QED) is 0.920. The van der Waals surface area contributed by atoms with E-state index in [4.69, 9.17) is 0 Å². The van der Waals surface area contributed by atoms with Gasteiger partial charge in [0.2, 0.25) is 5.91 Å². The molecule has 1 aromatic carbocycles. The number of rotatable bonds is 4. The molecule has 136 valence electrons. The molecule has 0 radical (unpaired) electrons. The number of piperidine rings is 1. The minimum atomic E-state index is -0.168. The van der Waals surface area contributed by atoms with Crippen LogP contribution in [0.3, 0.4) is 0 Å². The highest BCUT2D eigenvalue weighted by Gasteiger charge is 2.30. The van der Waals surface area contributed by atoms with Crippen LogP contribution >= 0.6 is 0 Å². The molecular formula is C20H24N4O2. The number of benzene rings is 1. The third-order valence-corrected chi connectivity index (χ3v) is 4.58. The van der Waals surface area contributed by atoms with Crippen molar-refractivity contribution in [2.45, 2.75) is 19.4 Å². The number of amides is 3. The van der Waals surface area contributed by atoms with E-state index in [-0.39, 0.29) is 17.9 Å². The van der Waals surface area contributed by atoms with Gasteiger partial charge in [-0.05, 0) is 37.1 Å². The SMILES string of the molecule is CN(Cc1ccccn1)C(=O)C1CCCN(C(=O)Nc2ccccc2)C1. The highest BCUT2D eigenvalue weighted by Crippen LogP contribution is 2.20. The van der Waals surface area contributed by atoms with Crippen LogP contribution < -0.4 is 5.32 Å². The van der Waals surface area contributed by atoms with Gasteiger partial charge in [-0.3, -0.25) is 9.78 Å². The summed E-state index contributed by atoms with van der Waals surface area (Å²) in [5.41, 5.74) is 1.62. The molecule has 1 aliphatic rings. The molecule has 0 saturated carbocycles. The van der Waals surface area contributed by atoms with Gasteiger partial charge in [-0.1, -0.05) is 24.3 Å². The van der Waals surface area contributed by atoms with Gasteiger partial charge in [-0.25, -0.2) is 4.79 Å². The fraction of sp³-hybridized carbons (Fsp3) is 0.350. The second kappa shape index (κ2) is 8.47. The summed E-state index contributed by atoms with van der Waals surface area (Å²) in [6.45, 7) is 1.60. The Labute approximate surface area is 153 Å². The highest BCUT2D eigenvalue weighted by atomic mass is 16.2. The lowest BCUT2D eigenvalue weighted by atomic mass is 9.97. The third kappa shape index (κ3) is 4.59. The molecule has 1 fully saturated rings. The number of aromatic nitrogens is 1. The zero-order chi connectivity index (χ0) is 18.4. The Kier molecular flexibility index (Phi) is 5.84. The molecule has 1 atom stereocenters. The van der Waals surface area contributed by atoms with Crippen molar-refractivity contribution in [2.75, 3.05) is 25.5 Å². The maximum absolute atomic E-state index is 12.8. The van der Waals surface area contributed by atoms with Gasteiger partial charge in [-0.15, -0.1) is 0 Å². The molecule has 0 aliphatic carbocycles. The van der Waals surface area contributed by atoms with E-state index in [1.54, 1.807) is 23.0 Å². The zero-order valence-corrected chi connectivity index (χ0v) is 15.0. The van der Waals surface area contributed by atoms with Crippen LogP contribution in [0.25, 0.3) is 0 Å². The summed E-state index contributed by atoms with van der Waals surface area (Å²) >= 11 is 0. The van der Waals surface area contributed by atoms with Gasteiger partial charge >= 0.3 is 6.03 Å². The van der Waals surface area contributed by atoms with E-state index in [2.05, 4.69) is 10.3 Å². The smallest absolute Gasteiger partial charge is 0.321 e. The number of carbonyl (C=O) groups excluding carboxylic acids is 2. The summed E-state index contributed by atoms with van der Waals surface area (Å²) in [5.74, 6) is -0.105. The normalized spacial score (nSPS) is 16.8. The Morgan fingerprint density at radius 3 is 2.69 bits per heavy atom. The zero-order valence-electron chi connectivity index (χ0n) is 15.0. The second-order valence-corrected chi connectivity index (χ2v) is 6.60. The van der Waals surface area contributed by atoms with Gasteiger partial charge in [0, 0.05) is 32.0 Å². The number of hydrogen-bond donors (Lipinski definition) is 1. The second-order valence-electron chi connectivity index (χ2n) is 6.60. The van der Waals surface area contributed by atoms with Gasteiger partial charge in [-0.2, -0.15) is 0 Å². The number of anilines is 1. The topological polar surface area (TPSA) is 65.5 Å². The van der Waals surface area contributed by atoms with Gasteiger partial charge < -0.3 is 15.1 Å². The molecule has 1 unspecified atom stereocenters. The molecule has 6 nitrogen and oxygen atoms in total. The van der Waals surface area contributed by atoms with Crippen LogP contribution in [0.5, 0.6) is 0 Å². The average Bonchev–Trinajstić information content (AvgIpc) is 2.69. The summed E-state index contributed by atoms with van der Waals surface area (Å²) in [6.07, 6.45) is 3.36. The molecule has 1 aromatic heterocycles. The summed E-state index contributed by atoms with van der Waals surface area (Å²) in [4.78, 5) is 32.9. The van der Waals surface area contributed by atoms with E-state index in [0.29, 0.717) is 19.6 Å². The molecule has 1 aliphatic heterocycles. The van der Waals surface area contributed by atoms with Crippen LogP contribution in [-0.4, -0.2) is 46.9 Å². The van der Waals surface area contributed by atoms with E-state index < -0.39 is 0 Å². The van der Waals surface area contributed by atoms with E-state index in [1.807, 2.05) is 48.5 Å². The van der Waals surface area contributed by atoms with Crippen LogP contribution in [0.1, 0.15) is 18.5 Å². The van der Waals surface area contributed by atoms with E-state index in [9.17, 15) is 9.59 Å². The number of carbonyl (C=O) groups is 2. The van der Waals surface area contributed by atoms with Crippen molar-refractivity contribution < 1.29 is 9.59 Å². The molecule has 26 heavy (non-hydrogen) atoms. The lowest BCUT2D eigenvalue weighted by molar-refractivity contribution is -0.136. The monoisotopic (exact) mass is 352 g/mol. The molecule has 0 bridgehead atoms. The van der Waals surface area contributed by atoms with Gasteiger partial charge in [0.1, 0.15) is 0 Å². The van der Waals surface area contributed by atoms with Gasteiger partial charge in [0.05, 0.1) is 18.2 Å². The fourth-order valence-corrected chi connectivity index (χ4v) is 3.21. The number of likely N-dealkylation sites (tertiary alicyclic amines) is 1. The largest absolute Gasteiger partial charge is 0.340 e. The molecule has 3 amide bonds. The number of nitrogens with one attached hydrogen (secondary N) is 1. The van der Waals surface area contributed by atoms with E-state index in [0.717, 1.165) is 24.2 Å². The minimum absolute atomic E-state index is 0.0628. The Balaban J connectivity index is 1.57. The van der Waals surface area contributed by atoms with Gasteiger partial charge in [0.15, 0.2) is 0 Å². The maximum atomic E-state index is 12.8. The first kappa shape index (κ1) is 17.9. The average molecular weight is 352 g/mol. The highest BCUT2D eigenvalue weighted by molar-refractivity contribution is 5.90. The molecule has 1 N–H and O–H groups in total. The van der Waals surface area contributed by atoms with Crippen LogP contribution in [0, 0.1) is 5.92 Å². The maximum Gasteiger partial charge on any atom is 0.321 e. The third-order valence-electron chi connectivity index (χ3n) is 4.58. The number of nitrogens with zero attached hydrogens (tertiary/aromatic N) is 3. The first-order valence-corrected chi connectivity index (χ1v) is 8.89. The van der Waals surface area contributed by atoms with Crippen molar-refractivity contribution in [3.8, 4) is 0 Å². The summed E-state index contributed by atoms with van der Waals surface area (Å²) < 4.78 is 0. The molecule has 0 spiro atoms. The van der Waals surface area contributed by atoms with Crippen molar-refractivity contribution in [1.29, 1.82) is 0 Å². The number of para-hydroxylation sites is 1. The molecule has 3 rings (SSSR count). The van der Waals surface area contributed by atoms with Crippen molar-refractivity contribution in [1.82, 2.24) is 14.8 Å². The van der Waals surface area contributed by atoms with Crippen LogP contribution in [0.4, 0.5) is 10.5 Å². The lowest BCUT2D eigenvalue weighted by Crippen LogP contribution is -2.47. The molecule has 6 heteroatoms. The van der Waals surface area contributed by atoms with Crippen molar-refractivity contribution in [3.05, 3.63) is 60.4 Å². The number of urea groups is 1. The number of pyridine rings is 1. The van der Waals surface area contributed by atoms with Crippen molar-refractivity contribution in [2.24, 2.45) is 5.92 Å². The fourth-order valence-electron chi connectivity index (χ4n) is 3.21. The Morgan fingerprint density at radius 2 is 1.96 bits per heavy atom. The minimum Gasteiger partial charge on any atom is -0.340 e. The predicted molar refractivity (Wildman–Crippen MR) is 100 cm³/mol. The molecule has 1 saturated heterocycles. The standard InChI is InChI=1S/C20H24N4O2/c1-23(15-18-11-5-6-12-21-18)19(25)16-8-7-13-24(14-16)20(26)22-17-9-3-2-4-10-17/h2-6,9-12,16H,7-8,13-15H2,1H3,(H,22,26). The number of hydrogen-bond acceptors (Lipinski definition) is 3. The summed E-state index contributed by atoms with van der Waals surface area (Å²) in [5, 5.41) is 2.89. The predicted octanol–water partition coefficient (Wildman–Crippen LogP) is 2.98. The summed E-state index contributed by atoms with van der Waals surface area (Å²) in [6, 6.07) is 14.9. The Hall–Kier alpha value is -2.89. The van der Waals surface area contributed by atoms with Crippen molar-refractivity contribution in [3.63, 3.8) is 0 Å². The first-order chi connectivity index (χ1) is 12.6. The van der Waals surface area contributed by atoms with Gasteiger partial charge in [0.25, 0.3) is 0 Å². The van der Waals surface area contributed by atoms with Crippen LogP contribution in [0.15, 0.2) is 54.7 Å². The van der Waals surface area contributed by atoms with E-state index in [1.165, 1.54) is 0 Å². The van der Waals surface area contributed by atoms with Crippen LogP contribution in [-0.2, 0) is 11.3 Å². The Morgan fingerprint density at radius 1 is 1.19 bits per heavy atom. The first-order valence-electron chi connectivity index (χ1n) is 8.89. The van der Waals surface area contributed by atoms with E-state index >= 15 is 0 Å². The van der Waals surface area contributed by atoms with Crippen LogP contribution in [0.2, 0.25) is 0 Å². The molecular weight excluding hydrogens is 328 g/mol. The molecule has 2 aromatic rings.